The number of phenols is 1. The summed E-state index contributed by atoms with van der Waals surface area (Å²) < 4.78 is 0. The van der Waals surface area contributed by atoms with Crippen LogP contribution in [0.25, 0.3) is 0 Å². The average Bonchev–Trinajstić information content (AvgIpc) is 3.23. The monoisotopic (exact) mass is 442 g/mol. The Hall–Kier alpha value is -4.79. The molecule has 33 heavy (non-hydrogen) atoms. The van der Waals surface area contributed by atoms with Gasteiger partial charge in [0.05, 0.1) is 0 Å². The maximum absolute atomic E-state index is 12.3. The fourth-order valence-electron chi connectivity index (χ4n) is 3.17. The standard InChI is InChI=1S/C24H22N6O3/c25-21(32)20-22(26-14-15-6-12-19(31)13-7-15)29-30-23(20)27-17-8-10-18(11-9-17)28-24(33)16-4-2-1-3-5-16/h1-13,31H,14H2,(H2,25,32)(H,28,33)(H3,26,27,29,30). The van der Waals surface area contributed by atoms with Crippen molar-refractivity contribution in [1.29, 1.82) is 0 Å². The second-order valence-corrected chi connectivity index (χ2v) is 7.23. The molecule has 0 aliphatic rings. The molecular formula is C24H22N6O3. The third kappa shape index (κ3) is 5.28. The van der Waals surface area contributed by atoms with Crippen LogP contribution in [-0.4, -0.2) is 27.1 Å². The molecule has 3 aromatic carbocycles. The van der Waals surface area contributed by atoms with Crippen molar-refractivity contribution in [2.45, 2.75) is 6.54 Å². The van der Waals surface area contributed by atoms with Gasteiger partial charge in [0, 0.05) is 23.5 Å². The Labute approximate surface area is 189 Å². The molecule has 0 atom stereocenters. The molecule has 4 aromatic rings. The number of nitrogens with one attached hydrogen (secondary N) is 4. The van der Waals surface area contributed by atoms with Gasteiger partial charge >= 0.3 is 0 Å². The number of anilines is 4. The SMILES string of the molecule is NC(=O)c1c(NCc2ccc(O)cc2)n[nH]c1Nc1ccc(NC(=O)c2ccccc2)cc1. The Morgan fingerprint density at radius 3 is 2.24 bits per heavy atom. The quantitative estimate of drug-likeness (QED) is 0.245. The highest BCUT2D eigenvalue weighted by molar-refractivity contribution is 6.04. The van der Waals surface area contributed by atoms with Gasteiger partial charge in [-0.2, -0.15) is 5.10 Å². The van der Waals surface area contributed by atoms with Crippen molar-refractivity contribution in [3.05, 3.63) is 95.6 Å². The molecule has 9 heteroatoms. The molecule has 0 unspecified atom stereocenters. The van der Waals surface area contributed by atoms with Crippen LogP contribution in [0.5, 0.6) is 5.75 Å². The third-order valence-corrected chi connectivity index (χ3v) is 4.86. The number of aromatic amines is 1. The number of nitrogens with two attached hydrogens (primary N) is 1. The summed E-state index contributed by atoms with van der Waals surface area (Å²) in [5.74, 6) is -0.0217. The van der Waals surface area contributed by atoms with Crippen molar-refractivity contribution in [1.82, 2.24) is 10.2 Å². The number of amides is 2. The number of H-pyrrole nitrogens is 1. The average molecular weight is 442 g/mol. The van der Waals surface area contributed by atoms with Crippen molar-refractivity contribution in [3.63, 3.8) is 0 Å². The number of rotatable bonds is 8. The zero-order valence-electron chi connectivity index (χ0n) is 17.5. The van der Waals surface area contributed by atoms with E-state index in [1.165, 1.54) is 0 Å². The van der Waals surface area contributed by atoms with Gasteiger partial charge in [0.25, 0.3) is 11.8 Å². The van der Waals surface area contributed by atoms with Crippen LogP contribution in [0.15, 0.2) is 78.9 Å². The maximum Gasteiger partial charge on any atom is 0.256 e. The summed E-state index contributed by atoms with van der Waals surface area (Å²) in [5, 5.41) is 25.3. The molecule has 0 saturated carbocycles. The van der Waals surface area contributed by atoms with E-state index >= 15 is 0 Å². The van der Waals surface area contributed by atoms with Crippen LogP contribution in [0.4, 0.5) is 23.0 Å². The maximum atomic E-state index is 12.3. The molecule has 0 fully saturated rings. The Balaban J connectivity index is 1.43. The topological polar surface area (TPSA) is 145 Å². The minimum Gasteiger partial charge on any atom is -0.508 e. The molecule has 0 bridgehead atoms. The van der Waals surface area contributed by atoms with E-state index in [9.17, 15) is 14.7 Å². The van der Waals surface area contributed by atoms with E-state index < -0.39 is 5.91 Å². The summed E-state index contributed by atoms with van der Waals surface area (Å²) in [6, 6.07) is 22.6. The van der Waals surface area contributed by atoms with Gasteiger partial charge in [0.15, 0.2) is 5.82 Å². The van der Waals surface area contributed by atoms with E-state index in [2.05, 4.69) is 26.1 Å². The van der Waals surface area contributed by atoms with Crippen LogP contribution in [0.2, 0.25) is 0 Å². The molecule has 0 saturated heterocycles. The van der Waals surface area contributed by atoms with Gasteiger partial charge in [-0.1, -0.05) is 30.3 Å². The lowest BCUT2D eigenvalue weighted by Crippen LogP contribution is -2.15. The van der Waals surface area contributed by atoms with Gasteiger partial charge in [0.1, 0.15) is 17.1 Å². The summed E-state index contributed by atoms with van der Waals surface area (Å²) in [7, 11) is 0. The van der Waals surface area contributed by atoms with Crippen LogP contribution in [0.1, 0.15) is 26.3 Å². The van der Waals surface area contributed by atoms with Crippen molar-refractivity contribution < 1.29 is 14.7 Å². The summed E-state index contributed by atoms with van der Waals surface area (Å²) >= 11 is 0. The van der Waals surface area contributed by atoms with Crippen molar-refractivity contribution in [2.75, 3.05) is 16.0 Å². The number of carbonyl (C=O) groups excluding carboxylic acids is 2. The minimum absolute atomic E-state index is 0.175. The van der Waals surface area contributed by atoms with Gasteiger partial charge in [-0.05, 0) is 54.1 Å². The Morgan fingerprint density at radius 2 is 1.58 bits per heavy atom. The fourth-order valence-corrected chi connectivity index (χ4v) is 3.17. The summed E-state index contributed by atoms with van der Waals surface area (Å²) in [6.45, 7) is 0.390. The summed E-state index contributed by atoms with van der Waals surface area (Å²) in [6.07, 6.45) is 0. The smallest absolute Gasteiger partial charge is 0.256 e. The van der Waals surface area contributed by atoms with E-state index in [-0.39, 0.29) is 17.2 Å². The van der Waals surface area contributed by atoms with Gasteiger partial charge in [-0.15, -0.1) is 0 Å². The molecule has 0 spiro atoms. The number of hydrogen-bond acceptors (Lipinski definition) is 6. The van der Waals surface area contributed by atoms with E-state index in [0.717, 1.165) is 5.56 Å². The zero-order chi connectivity index (χ0) is 23.2. The Kier molecular flexibility index (Phi) is 6.21. The van der Waals surface area contributed by atoms with Gasteiger partial charge in [-0.3, -0.25) is 14.7 Å². The van der Waals surface area contributed by atoms with E-state index in [1.807, 2.05) is 6.07 Å². The normalized spacial score (nSPS) is 10.4. The Bertz CT molecular complexity index is 1250. The zero-order valence-corrected chi connectivity index (χ0v) is 17.5. The fraction of sp³-hybridized carbons (Fsp3) is 0.0417. The van der Waals surface area contributed by atoms with Crippen LogP contribution < -0.4 is 21.7 Å². The van der Waals surface area contributed by atoms with Crippen LogP contribution in [0.3, 0.4) is 0 Å². The van der Waals surface area contributed by atoms with E-state index in [1.54, 1.807) is 72.8 Å². The molecule has 1 heterocycles. The second-order valence-electron chi connectivity index (χ2n) is 7.23. The summed E-state index contributed by atoms with van der Waals surface area (Å²) in [4.78, 5) is 24.3. The van der Waals surface area contributed by atoms with Gasteiger partial charge in [0.2, 0.25) is 0 Å². The van der Waals surface area contributed by atoms with Crippen LogP contribution >= 0.6 is 0 Å². The molecule has 7 N–H and O–H groups in total. The van der Waals surface area contributed by atoms with E-state index in [4.69, 9.17) is 5.73 Å². The number of nitrogens with zero attached hydrogens (tertiary/aromatic N) is 1. The summed E-state index contributed by atoms with van der Waals surface area (Å²) in [5.41, 5.74) is 8.53. The number of carbonyl (C=O) groups is 2. The molecule has 9 nitrogen and oxygen atoms in total. The molecule has 0 aliphatic carbocycles. The second kappa shape index (κ2) is 9.56. The lowest BCUT2D eigenvalue weighted by atomic mass is 10.2. The number of benzene rings is 3. The number of aromatic nitrogens is 2. The van der Waals surface area contributed by atoms with Crippen molar-refractivity contribution in [3.8, 4) is 5.75 Å². The predicted molar refractivity (Wildman–Crippen MR) is 127 cm³/mol. The molecule has 2 amide bonds. The minimum atomic E-state index is -0.647. The molecule has 0 radical (unpaired) electrons. The molecule has 1 aromatic heterocycles. The van der Waals surface area contributed by atoms with Gasteiger partial charge < -0.3 is 26.8 Å². The lowest BCUT2D eigenvalue weighted by Gasteiger charge is -2.09. The first-order valence-corrected chi connectivity index (χ1v) is 10.1. The highest BCUT2D eigenvalue weighted by Crippen LogP contribution is 2.26. The van der Waals surface area contributed by atoms with Gasteiger partial charge in [-0.25, -0.2) is 0 Å². The molecule has 0 aliphatic heterocycles. The van der Waals surface area contributed by atoms with Crippen molar-refractivity contribution >= 4 is 34.8 Å². The molecule has 4 rings (SSSR count). The predicted octanol–water partition coefficient (Wildman–Crippen LogP) is 3.82. The van der Waals surface area contributed by atoms with E-state index in [0.29, 0.717) is 35.1 Å². The first-order valence-electron chi connectivity index (χ1n) is 10.1. The van der Waals surface area contributed by atoms with Crippen molar-refractivity contribution in [2.24, 2.45) is 5.73 Å². The van der Waals surface area contributed by atoms with Crippen LogP contribution in [-0.2, 0) is 6.54 Å². The largest absolute Gasteiger partial charge is 0.508 e. The number of phenolic OH excluding ortho intramolecular Hbond substituents is 1. The highest BCUT2D eigenvalue weighted by atomic mass is 16.3. The number of aromatic hydroxyl groups is 1. The first-order chi connectivity index (χ1) is 16.0. The van der Waals surface area contributed by atoms with Crippen LogP contribution in [0, 0.1) is 0 Å². The lowest BCUT2D eigenvalue weighted by molar-refractivity contribution is 0.0999. The third-order valence-electron chi connectivity index (χ3n) is 4.86. The Morgan fingerprint density at radius 1 is 0.909 bits per heavy atom. The number of hydrogen-bond donors (Lipinski definition) is 6. The number of primary amides is 1. The molecular weight excluding hydrogens is 420 g/mol. The molecule has 166 valence electrons. The first kappa shape index (κ1) is 21.4. The highest BCUT2D eigenvalue weighted by Gasteiger charge is 2.18.